The van der Waals surface area contributed by atoms with E-state index >= 15 is 0 Å². The number of rotatable bonds is 4. The highest BCUT2D eigenvalue weighted by atomic mass is 32.1. The quantitative estimate of drug-likeness (QED) is 0.853. The first kappa shape index (κ1) is 14.8. The molecule has 6 heteroatoms. The van der Waals surface area contributed by atoms with Gasteiger partial charge in [-0.05, 0) is 32.1 Å². The van der Waals surface area contributed by atoms with Crippen LogP contribution in [0.25, 0.3) is 0 Å². The molecule has 0 saturated carbocycles. The number of carbonyl (C=O) groups excluding carboxylic acids is 1. The number of piperidine rings is 2. The van der Waals surface area contributed by atoms with Crippen LogP contribution in [0.15, 0.2) is 11.6 Å². The number of thiazole rings is 1. The van der Waals surface area contributed by atoms with Gasteiger partial charge in [-0.15, -0.1) is 0 Å². The van der Waals surface area contributed by atoms with Crippen LogP contribution in [0.3, 0.4) is 0 Å². The summed E-state index contributed by atoms with van der Waals surface area (Å²) in [4.78, 5) is 20.7. The molecule has 3 rings (SSSR count). The molecule has 0 atom stereocenters. The molecule has 3 heterocycles. The van der Waals surface area contributed by atoms with Crippen LogP contribution in [-0.4, -0.2) is 59.5 Å². The van der Waals surface area contributed by atoms with Gasteiger partial charge in [-0.1, -0.05) is 11.3 Å². The van der Waals surface area contributed by atoms with Crippen molar-refractivity contribution in [3.8, 4) is 5.19 Å². The summed E-state index contributed by atoms with van der Waals surface area (Å²) in [5, 5.41) is 2.69. The van der Waals surface area contributed by atoms with Gasteiger partial charge in [0.1, 0.15) is 6.10 Å². The second-order valence-corrected chi connectivity index (χ2v) is 6.69. The molecule has 2 fully saturated rings. The standard InChI is InChI=1S/C15H23N3O2S/c19-14(18-7-2-1-3-8-18)12-17-9-4-13(5-10-17)20-15-16-6-11-21-15/h6,11,13H,1-5,7-10,12H2. The predicted molar refractivity (Wildman–Crippen MR) is 82.6 cm³/mol. The SMILES string of the molecule is O=C(CN1CCC(Oc2nccs2)CC1)N1CCCCC1. The maximum atomic E-state index is 12.2. The van der Waals surface area contributed by atoms with Crippen LogP contribution >= 0.6 is 11.3 Å². The second kappa shape index (κ2) is 7.22. The van der Waals surface area contributed by atoms with Crippen LogP contribution in [0.2, 0.25) is 0 Å². The lowest BCUT2D eigenvalue weighted by atomic mass is 10.1. The smallest absolute Gasteiger partial charge is 0.273 e. The lowest BCUT2D eigenvalue weighted by Crippen LogP contribution is -2.46. The third-order valence-electron chi connectivity index (χ3n) is 4.28. The minimum atomic E-state index is 0.248. The molecule has 1 amide bonds. The fourth-order valence-corrected chi connectivity index (χ4v) is 3.58. The van der Waals surface area contributed by atoms with Crippen molar-refractivity contribution >= 4 is 17.2 Å². The molecular formula is C15H23N3O2S. The molecule has 2 aliphatic rings. The van der Waals surface area contributed by atoms with Crippen molar-refractivity contribution < 1.29 is 9.53 Å². The molecule has 2 saturated heterocycles. The van der Waals surface area contributed by atoms with E-state index in [-0.39, 0.29) is 6.10 Å². The maximum Gasteiger partial charge on any atom is 0.273 e. The lowest BCUT2D eigenvalue weighted by molar-refractivity contribution is -0.133. The Morgan fingerprint density at radius 1 is 1.24 bits per heavy atom. The number of hydrogen-bond acceptors (Lipinski definition) is 5. The van der Waals surface area contributed by atoms with Crippen LogP contribution in [0.4, 0.5) is 0 Å². The average Bonchev–Trinajstić information content (AvgIpc) is 3.03. The Kier molecular flexibility index (Phi) is 5.08. The molecule has 0 unspecified atom stereocenters. The van der Waals surface area contributed by atoms with Gasteiger partial charge in [0.25, 0.3) is 5.19 Å². The van der Waals surface area contributed by atoms with Crippen LogP contribution < -0.4 is 4.74 Å². The van der Waals surface area contributed by atoms with E-state index < -0.39 is 0 Å². The molecule has 1 aromatic heterocycles. The summed E-state index contributed by atoms with van der Waals surface area (Å²) in [7, 11) is 0. The van der Waals surface area contributed by atoms with E-state index in [2.05, 4.69) is 9.88 Å². The number of nitrogens with zero attached hydrogens (tertiary/aromatic N) is 3. The summed E-state index contributed by atoms with van der Waals surface area (Å²) in [5.41, 5.74) is 0. The molecule has 0 aliphatic carbocycles. The lowest BCUT2D eigenvalue weighted by Gasteiger charge is -2.33. The normalized spacial score (nSPS) is 21.4. The zero-order chi connectivity index (χ0) is 14.5. The van der Waals surface area contributed by atoms with Crippen molar-refractivity contribution in [2.75, 3.05) is 32.7 Å². The van der Waals surface area contributed by atoms with Crippen LogP contribution in [0.1, 0.15) is 32.1 Å². The first-order chi connectivity index (χ1) is 10.3. The zero-order valence-electron chi connectivity index (χ0n) is 12.4. The third-order valence-corrected chi connectivity index (χ3v) is 4.94. The molecule has 2 aliphatic heterocycles. The van der Waals surface area contributed by atoms with Gasteiger partial charge in [0.05, 0.1) is 6.54 Å². The Balaban J connectivity index is 1.40. The Hall–Kier alpha value is -1.14. The van der Waals surface area contributed by atoms with E-state index in [0.717, 1.165) is 57.1 Å². The molecule has 5 nitrogen and oxygen atoms in total. The molecular weight excluding hydrogens is 286 g/mol. The molecule has 1 aromatic rings. The van der Waals surface area contributed by atoms with Crippen molar-refractivity contribution in [1.82, 2.24) is 14.8 Å². The Bertz CT molecular complexity index is 438. The Morgan fingerprint density at radius 2 is 2.00 bits per heavy atom. The highest BCUT2D eigenvalue weighted by molar-refractivity contribution is 7.11. The van der Waals surface area contributed by atoms with Gasteiger partial charge < -0.3 is 9.64 Å². The molecule has 0 bridgehead atoms. The molecule has 0 spiro atoms. The summed E-state index contributed by atoms with van der Waals surface area (Å²) in [6.07, 6.45) is 7.57. The fourth-order valence-electron chi connectivity index (χ4n) is 3.03. The zero-order valence-corrected chi connectivity index (χ0v) is 13.2. The van der Waals surface area contributed by atoms with Gasteiger partial charge in [0.15, 0.2) is 0 Å². The summed E-state index contributed by atoms with van der Waals surface area (Å²) in [6, 6.07) is 0. The molecule has 0 N–H and O–H groups in total. The van der Waals surface area contributed by atoms with Gasteiger partial charge in [-0.25, -0.2) is 4.98 Å². The number of likely N-dealkylation sites (tertiary alicyclic amines) is 2. The largest absolute Gasteiger partial charge is 0.467 e. The van der Waals surface area contributed by atoms with Crippen molar-refractivity contribution in [1.29, 1.82) is 0 Å². The molecule has 116 valence electrons. The third kappa shape index (κ3) is 4.17. The minimum Gasteiger partial charge on any atom is -0.467 e. The van der Waals surface area contributed by atoms with Crippen LogP contribution in [0, 0.1) is 0 Å². The van der Waals surface area contributed by atoms with Gasteiger partial charge in [-0.3, -0.25) is 9.69 Å². The first-order valence-electron chi connectivity index (χ1n) is 7.87. The highest BCUT2D eigenvalue weighted by Gasteiger charge is 2.24. The van der Waals surface area contributed by atoms with Crippen LogP contribution in [-0.2, 0) is 4.79 Å². The maximum absolute atomic E-state index is 12.2. The Morgan fingerprint density at radius 3 is 2.67 bits per heavy atom. The van der Waals surface area contributed by atoms with E-state index in [4.69, 9.17) is 4.74 Å². The van der Waals surface area contributed by atoms with Gasteiger partial charge in [0, 0.05) is 37.8 Å². The monoisotopic (exact) mass is 309 g/mol. The van der Waals surface area contributed by atoms with Gasteiger partial charge >= 0.3 is 0 Å². The van der Waals surface area contributed by atoms with Crippen molar-refractivity contribution in [3.63, 3.8) is 0 Å². The summed E-state index contributed by atoms with van der Waals surface area (Å²) < 4.78 is 5.85. The number of aromatic nitrogens is 1. The summed E-state index contributed by atoms with van der Waals surface area (Å²) in [5.74, 6) is 0.300. The van der Waals surface area contributed by atoms with Crippen molar-refractivity contribution in [2.24, 2.45) is 0 Å². The first-order valence-corrected chi connectivity index (χ1v) is 8.75. The predicted octanol–water partition coefficient (Wildman–Crippen LogP) is 2.00. The van der Waals surface area contributed by atoms with Gasteiger partial charge in [0.2, 0.25) is 5.91 Å². The summed E-state index contributed by atoms with van der Waals surface area (Å²) >= 11 is 1.54. The fraction of sp³-hybridized carbons (Fsp3) is 0.733. The minimum absolute atomic E-state index is 0.248. The second-order valence-electron chi connectivity index (χ2n) is 5.83. The van der Waals surface area contributed by atoms with Crippen LogP contribution in [0.5, 0.6) is 5.19 Å². The average molecular weight is 309 g/mol. The number of carbonyl (C=O) groups is 1. The van der Waals surface area contributed by atoms with Crippen molar-refractivity contribution in [3.05, 3.63) is 11.6 Å². The van der Waals surface area contributed by atoms with E-state index in [0.29, 0.717) is 12.5 Å². The Labute approximate surface area is 129 Å². The summed E-state index contributed by atoms with van der Waals surface area (Å²) in [6.45, 7) is 4.35. The van der Waals surface area contributed by atoms with Crippen molar-refractivity contribution in [2.45, 2.75) is 38.2 Å². The molecule has 0 radical (unpaired) electrons. The number of ether oxygens (including phenoxy) is 1. The number of hydrogen-bond donors (Lipinski definition) is 0. The molecule has 21 heavy (non-hydrogen) atoms. The number of amides is 1. The van der Waals surface area contributed by atoms with E-state index in [1.165, 1.54) is 17.8 Å². The van der Waals surface area contributed by atoms with E-state index in [1.807, 2.05) is 10.3 Å². The molecule has 0 aromatic carbocycles. The topological polar surface area (TPSA) is 45.7 Å². The highest BCUT2D eigenvalue weighted by Crippen LogP contribution is 2.21. The van der Waals surface area contributed by atoms with E-state index in [1.54, 1.807) is 6.20 Å². The van der Waals surface area contributed by atoms with Gasteiger partial charge in [-0.2, -0.15) is 0 Å². The van der Waals surface area contributed by atoms with E-state index in [9.17, 15) is 4.79 Å².